The first-order valence-corrected chi connectivity index (χ1v) is 12.2. The Bertz CT molecular complexity index is 1280. The largest absolute Gasteiger partial charge is 0.340 e. The molecule has 35 heavy (non-hydrogen) atoms. The van der Waals surface area contributed by atoms with Crippen LogP contribution < -0.4 is 15.8 Å². The number of piperazine rings is 1. The summed E-state index contributed by atoms with van der Waals surface area (Å²) in [5, 5.41) is 4.29. The average molecular weight is 497 g/mol. The Hall–Kier alpha value is -3.24. The van der Waals surface area contributed by atoms with Crippen LogP contribution in [0.1, 0.15) is 19.8 Å². The van der Waals surface area contributed by atoms with Crippen molar-refractivity contribution in [3.63, 3.8) is 0 Å². The molecule has 0 radical (unpaired) electrons. The van der Waals surface area contributed by atoms with Crippen LogP contribution >= 0.6 is 11.6 Å². The number of aromatic nitrogens is 4. The lowest BCUT2D eigenvalue weighted by Crippen LogP contribution is -2.50. The standard InChI is InChI=1S/C24H29ClN8O2/c1-16(34)32-7-5-31(6-8-32)15-30(2)24-27-12-19(13-28-24)29-22-10-21-18(11-26-22)9-20(25)23(35)33(21)14-17-3-4-17/h9-13,17H,3-8,14-15H2,1-2H3,(H,26,29). The van der Waals surface area contributed by atoms with Gasteiger partial charge in [0.05, 0.1) is 30.3 Å². The number of carbonyl (C=O) groups excluding carboxylic acids is 1. The highest BCUT2D eigenvalue weighted by Crippen LogP contribution is 2.32. The molecule has 0 atom stereocenters. The molecule has 3 aromatic rings. The number of carbonyl (C=O) groups is 1. The van der Waals surface area contributed by atoms with Crippen LogP contribution in [0, 0.1) is 5.92 Å². The Balaban J connectivity index is 1.26. The van der Waals surface area contributed by atoms with Crippen LogP contribution in [0.2, 0.25) is 5.02 Å². The van der Waals surface area contributed by atoms with Crippen molar-refractivity contribution in [3.8, 4) is 0 Å². The van der Waals surface area contributed by atoms with Crippen LogP contribution in [0.25, 0.3) is 10.9 Å². The van der Waals surface area contributed by atoms with Gasteiger partial charge in [-0.1, -0.05) is 11.6 Å². The van der Waals surface area contributed by atoms with Gasteiger partial charge in [-0.05, 0) is 24.8 Å². The van der Waals surface area contributed by atoms with Crippen molar-refractivity contribution >= 4 is 45.9 Å². The molecule has 1 N–H and O–H groups in total. The second-order valence-corrected chi connectivity index (χ2v) is 9.75. The molecule has 2 aliphatic rings. The summed E-state index contributed by atoms with van der Waals surface area (Å²) in [7, 11) is 1.95. The minimum atomic E-state index is -0.165. The molecule has 2 fully saturated rings. The molecule has 11 heteroatoms. The smallest absolute Gasteiger partial charge is 0.269 e. The Labute approximate surface area is 208 Å². The Morgan fingerprint density at radius 3 is 2.49 bits per heavy atom. The molecule has 0 bridgehead atoms. The Morgan fingerprint density at radius 1 is 1.11 bits per heavy atom. The highest BCUT2D eigenvalue weighted by atomic mass is 35.5. The molecular weight excluding hydrogens is 468 g/mol. The summed E-state index contributed by atoms with van der Waals surface area (Å²) < 4.78 is 1.76. The molecule has 184 valence electrons. The normalized spacial score (nSPS) is 16.5. The molecule has 1 aliphatic carbocycles. The van der Waals surface area contributed by atoms with Crippen molar-refractivity contribution in [1.29, 1.82) is 0 Å². The molecule has 4 heterocycles. The van der Waals surface area contributed by atoms with Gasteiger partial charge in [-0.25, -0.2) is 15.0 Å². The lowest BCUT2D eigenvalue weighted by Gasteiger charge is -2.36. The zero-order valence-electron chi connectivity index (χ0n) is 19.9. The lowest BCUT2D eigenvalue weighted by molar-refractivity contribution is -0.130. The van der Waals surface area contributed by atoms with Gasteiger partial charge in [0.25, 0.3) is 5.56 Å². The number of halogens is 1. The first-order valence-electron chi connectivity index (χ1n) is 11.8. The van der Waals surface area contributed by atoms with Crippen LogP contribution in [-0.2, 0) is 11.3 Å². The van der Waals surface area contributed by atoms with Gasteiger partial charge < -0.3 is 19.7 Å². The van der Waals surface area contributed by atoms with Gasteiger partial charge in [0, 0.05) is 64.3 Å². The van der Waals surface area contributed by atoms with Crippen LogP contribution in [0.4, 0.5) is 17.5 Å². The number of nitrogens with zero attached hydrogens (tertiary/aromatic N) is 7. The molecule has 10 nitrogen and oxygen atoms in total. The van der Waals surface area contributed by atoms with Gasteiger partial charge in [-0.3, -0.25) is 14.5 Å². The van der Waals surface area contributed by atoms with Crippen molar-refractivity contribution in [1.82, 2.24) is 29.3 Å². The fourth-order valence-corrected chi connectivity index (χ4v) is 4.56. The molecule has 3 aromatic heterocycles. The maximum absolute atomic E-state index is 12.7. The molecule has 1 saturated carbocycles. The van der Waals surface area contributed by atoms with E-state index in [2.05, 4.69) is 25.2 Å². The van der Waals surface area contributed by atoms with E-state index in [1.165, 1.54) is 0 Å². The maximum Gasteiger partial charge on any atom is 0.269 e. The van der Waals surface area contributed by atoms with Gasteiger partial charge >= 0.3 is 0 Å². The molecule has 5 rings (SSSR count). The predicted molar refractivity (Wildman–Crippen MR) is 136 cm³/mol. The minimum Gasteiger partial charge on any atom is -0.340 e. The number of fused-ring (bicyclic) bond motifs is 1. The lowest BCUT2D eigenvalue weighted by atomic mass is 10.2. The summed E-state index contributed by atoms with van der Waals surface area (Å²) in [6, 6.07) is 3.54. The topological polar surface area (TPSA) is 99.5 Å². The van der Waals surface area contributed by atoms with Gasteiger partial charge in [0.15, 0.2) is 0 Å². The van der Waals surface area contributed by atoms with E-state index in [0.717, 1.165) is 49.9 Å². The molecule has 1 aliphatic heterocycles. The molecule has 1 amide bonds. The third-order valence-electron chi connectivity index (χ3n) is 6.55. The Kier molecular flexibility index (Phi) is 6.57. The fraction of sp³-hybridized carbons (Fsp3) is 0.458. The number of pyridine rings is 2. The monoisotopic (exact) mass is 496 g/mol. The van der Waals surface area contributed by atoms with E-state index >= 15 is 0 Å². The van der Waals surface area contributed by atoms with Crippen molar-refractivity contribution in [2.24, 2.45) is 5.92 Å². The number of hydrogen-bond acceptors (Lipinski definition) is 8. The number of hydrogen-bond donors (Lipinski definition) is 1. The third kappa shape index (κ3) is 5.38. The number of nitrogens with one attached hydrogen (secondary N) is 1. The molecular formula is C24H29ClN8O2. The summed E-state index contributed by atoms with van der Waals surface area (Å²) in [5.41, 5.74) is 1.35. The van der Waals surface area contributed by atoms with Crippen LogP contribution in [0.5, 0.6) is 0 Å². The van der Waals surface area contributed by atoms with Gasteiger partial charge in [-0.2, -0.15) is 0 Å². The van der Waals surface area contributed by atoms with Gasteiger partial charge in [-0.15, -0.1) is 0 Å². The quantitative estimate of drug-likeness (QED) is 0.532. The summed E-state index contributed by atoms with van der Waals surface area (Å²) in [6.45, 7) is 6.11. The first-order chi connectivity index (χ1) is 16.9. The van der Waals surface area contributed by atoms with Crippen molar-refractivity contribution in [3.05, 3.63) is 46.1 Å². The molecule has 1 saturated heterocycles. The highest BCUT2D eigenvalue weighted by molar-refractivity contribution is 6.31. The molecule has 0 spiro atoms. The second kappa shape index (κ2) is 9.79. The van der Waals surface area contributed by atoms with E-state index in [4.69, 9.17) is 11.6 Å². The summed E-state index contributed by atoms with van der Waals surface area (Å²) in [6.07, 6.45) is 7.45. The zero-order chi connectivity index (χ0) is 24.5. The zero-order valence-corrected chi connectivity index (χ0v) is 20.7. The summed E-state index contributed by atoms with van der Waals surface area (Å²) in [4.78, 5) is 43.8. The molecule has 0 aromatic carbocycles. The van der Waals surface area contributed by atoms with E-state index in [-0.39, 0.29) is 16.5 Å². The number of amides is 1. The summed E-state index contributed by atoms with van der Waals surface area (Å²) in [5.74, 6) is 1.89. The minimum absolute atomic E-state index is 0.125. The highest BCUT2D eigenvalue weighted by Gasteiger charge is 2.24. The predicted octanol–water partition coefficient (Wildman–Crippen LogP) is 2.55. The van der Waals surface area contributed by atoms with E-state index in [0.29, 0.717) is 36.6 Å². The first kappa shape index (κ1) is 23.5. The van der Waals surface area contributed by atoms with Gasteiger partial charge in [0.1, 0.15) is 10.8 Å². The van der Waals surface area contributed by atoms with E-state index in [9.17, 15) is 9.59 Å². The number of rotatable bonds is 7. The van der Waals surface area contributed by atoms with E-state index in [1.54, 1.807) is 36.1 Å². The second-order valence-electron chi connectivity index (χ2n) is 9.34. The van der Waals surface area contributed by atoms with Crippen LogP contribution in [0.3, 0.4) is 0 Å². The maximum atomic E-state index is 12.7. The third-order valence-corrected chi connectivity index (χ3v) is 6.82. The average Bonchev–Trinajstić information content (AvgIpc) is 3.67. The van der Waals surface area contributed by atoms with E-state index in [1.807, 2.05) is 22.9 Å². The SMILES string of the molecule is CC(=O)N1CCN(CN(C)c2ncc(Nc3cc4c(cn3)cc(Cl)c(=O)n4CC3CC3)cn2)CC1. The summed E-state index contributed by atoms with van der Waals surface area (Å²) >= 11 is 6.17. The van der Waals surface area contributed by atoms with Crippen LogP contribution in [0.15, 0.2) is 35.5 Å². The van der Waals surface area contributed by atoms with Crippen molar-refractivity contribution < 1.29 is 4.79 Å². The van der Waals surface area contributed by atoms with Gasteiger partial charge in [0.2, 0.25) is 11.9 Å². The fourth-order valence-electron chi connectivity index (χ4n) is 4.34. The van der Waals surface area contributed by atoms with Crippen LogP contribution in [-0.4, -0.2) is 75.1 Å². The Morgan fingerprint density at radius 2 is 1.83 bits per heavy atom. The van der Waals surface area contributed by atoms with E-state index < -0.39 is 0 Å². The number of anilines is 3. The van der Waals surface area contributed by atoms with Crippen molar-refractivity contribution in [2.75, 3.05) is 50.1 Å². The molecule has 0 unspecified atom stereocenters. The van der Waals surface area contributed by atoms with Crippen molar-refractivity contribution in [2.45, 2.75) is 26.3 Å².